The zero-order valence-electron chi connectivity index (χ0n) is 10.1. The van der Waals surface area contributed by atoms with Crippen molar-refractivity contribution in [1.82, 2.24) is 4.98 Å². The van der Waals surface area contributed by atoms with Gasteiger partial charge in [-0.2, -0.15) is 0 Å². The Bertz CT molecular complexity index is 506. The first-order chi connectivity index (χ1) is 8.28. The molecule has 0 aliphatic heterocycles. The van der Waals surface area contributed by atoms with Crippen molar-refractivity contribution in [2.24, 2.45) is 5.73 Å². The van der Waals surface area contributed by atoms with Crippen LogP contribution in [0.3, 0.4) is 0 Å². The van der Waals surface area contributed by atoms with E-state index in [1.165, 1.54) is 5.56 Å². The van der Waals surface area contributed by atoms with Gasteiger partial charge in [-0.05, 0) is 24.1 Å². The van der Waals surface area contributed by atoms with Crippen LogP contribution in [0.15, 0.2) is 28.9 Å². The van der Waals surface area contributed by atoms with Crippen molar-refractivity contribution in [3.05, 3.63) is 35.9 Å². The van der Waals surface area contributed by atoms with Gasteiger partial charge in [0.2, 0.25) is 5.89 Å². The largest absolute Gasteiger partial charge is 0.496 e. The maximum Gasteiger partial charge on any atom is 0.208 e. The molecule has 2 aromatic rings. The molecule has 0 atom stereocenters. The summed E-state index contributed by atoms with van der Waals surface area (Å²) in [5.74, 6) is 1.32. The van der Waals surface area contributed by atoms with Crippen molar-refractivity contribution in [1.29, 1.82) is 0 Å². The predicted molar refractivity (Wildman–Crippen MR) is 65.8 cm³/mol. The summed E-state index contributed by atoms with van der Waals surface area (Å²) in [6, 6.07) is 6.06. The molecule has 0 bridgehead atoms. The molecular weight excluding hydrogens is 216 g/mol. The summed E-state index contributed by atoms with van der Waals surface area (Å²) in [5, 5.41) is 0. The van der Waals surface area contributed by atoms with Crippen LogP contribution >= 0.6 is 0 Å². The molecule has 2 rings (SSSR count). The first-order valence-electron chi connectivity index (χ1n) is 5.60. The summed E-state index contributed by atoms with van der Waals surface area (Å²) in [4.78, 5) is 4.31. The molecular formula is C13H16N2O2. The van der Waals surface area contributed by atoms with Crippen molar-refractivity contribution in [3.8, 4) is 17.0 Å². The van der Waals surface area contributed by atoms with Crippen molar-refractivity contribution in [2.45, 2.75) is 19.9 Å². The number of nitrogens with zero attached hydrogens (tertiary/aromatic N) is 1. The minimum absolute atomic E-state index is 0.301. The van der Waals surface area contributed by atoms with Gasteiger partial charge in [0.25, 0.3) is 0 Å². The molecule has 1 heterocycles. The molecule has 0 radical (unpaired) electrons. The number of oxazole rings is 1. The maximum absolute atomic E-state index is 5.48. The summed E-state index contributed by atoms with van der Waals surface area (Å²) in [6.07, 6.45) is 2.58. The molecule has 90 valence electrons. The fourth-order valence-corrected chi connectivity index (χ4v) is 1.70. The molecule has 1 aromatic carbocycles. The van der Waals surface area contributed by atoms with Gasteiger partial charge in [-0.1, -0.05) is 13.0 Å². The van der Waals surface area contributed by atoms with Crippen LogP contribution in [0.25, 0.3) is 11.3 Å². The highest BCUT2D eigenvalue weighted by Gasteiger charge is 2.11. The van der Waals surface area contributed by atoms with Gasteiger partial charge >= 0.3 is 0 Å². The summed E-state index contributed by atoms with van der Waals surface area (Å²) < 4.78 is 10.6. The minimum Gasteiger partial charge on any atom is -0.496 e. The molecule has 0 aliphatic carbocycles. The molecule has 0 saturated carbocycles. The quantitative estimate of drug-likeness (QED) is 0.879. The third-order valence-corrected chi connectivity index (χ3v) is 2.67. The van der Waals surface area contributed by atoms with Crippen LogP contribution in [0.5, 0.6) is 5.75 Å². The highest BCUT2D eigenvalue weighted by atomic mass is 16.5. The van der Waals surface area contributed by atoms with Gasteiger partial charge in [0.15, 0.2) is 0 Å². The van der Waals surface area contributed by atoms with Gasteiger partial charge in [-0.15, -0.1) is 0 Å². The number of aromatic nitrogens is 1. The zero-order chi connectivity index (χ0) is 12.3. The first-order valence-corrected chi connectivity index (χ1v) is 5.60. The first kappa shape index (κ1) is 11.7. The number of benzene rings is 1. The van der Waals surface area contributed by atoms with Crippen LogP contribution in [-0.2, 0) is 13.0 Å². The van der Waals surface area contributed by atoms with Crippen LogP contribution in [0, 0.1) is 0 Å². The van der Waals surface area contributed by atoms with E-state index in [0.717, 1.165) is 23.4 Å². The molecule has 0 unspecified atom stereocenters. The van der Waals surface area contributed by atoms with Crippen molar-refractivity contribution >= 4 is 0 Å². The summed E-state index contributed by atoms with van der Waals surface area (Å²) in [5.41, 5.74) is 8.42. The molecule has 0 spiro atoms. The van der Waals surface area contributed by atoms with E-state index in [0.29, 0.717) is 12.4 Å². The molecule has 1 aromatic heterocycles. The van der Waals surface area contributed by atoms with Gasteiger partial charge in [0, 0.05) is 5.56 Å². The normalized spacial score (nSPS) is 10.5. The highest BCUT2D eigenvalue weighted by molar-refractivity contribution is 5.67. The minimum atomic E-state index is 0.301. The number of nitrogens with two attached hydrogens (primary N) is 1. The lowest BCUT2D eigenvalue weighted by molar-refractivity contribution is 0.416. The van der Waals surface area contributed by atoms with E-state index < -0.39 is 0 Å². The average Bonchev–Trinajstić information content (AvgIpc) is 2.86. The van der Waals surface area contributed by atoms with E-state index in [4.69, 9.17) is 14.9 Å². The Balaban J connectivity index is 2.47. The van der Waals surface area contributed by atoms with Gasteiger partial charge < -0.3 is 14.9 Å². The fraction of sp³-hybridized carbons (Fsp3) is 0.308. The summed E-state index contributed by atoms with van der Waals surface area (Å²) >= 11 is 0. The zero-order valence-corrected chi connectivity index (χ0v) is 10.1. The third-order valence-electron chi connectivity index (χ3n) is 2.67. The van der Waals surface area contributed by atoms with Crippen molar-refractivity contribution in [2.75, 3.05) is 7.11 Å². The van der Waals surface area contributed by atoms with Crippen LogP contribution in [-0.4, -0.2) is 12.1 Å². The Labute approximate surface area is 100 Å². The SMILES string of the molecule is CCc1ccc(OC)c(-c2coc(CN)n2)c1. The fourth-order valence-electron chi connectivity index (χ4n) is 1.70. The van der Waals surface area contributed by atoms with E-state index in [9.17, 15) is 0 Å². The molecule has 17 heavy (non-hydrogen) atoms. The Kier molecular flexibility index (Phi) is 3.44. The molecule has 4 nitrogen and oxygen atoms in total. The predicted octanol–water partition coefficient (Wildman–Crippen LogP) is 2.37. The van der Waals surface area contributed by atoms with Gasteiger partial charge in [-0.3, -0.25) is 0 Å². The second-order valence-electron chi connectivity index (χ2n) is 3.72. The van der Waals surface area contributed by atoms with Crippen LogP contribution in [0.4, 0.5) is 0 Å². The Morgan fingerprint density at radius 1 is 1.41 bits per heavy atom. The lowest BCUT2D eigenvalue weighted by Gasteiger charge is -2.07. The number of ether oxygens (including phenoxy) is 1. The number of hydrogen-bond acceptors (Lipinski definition) is 4. The molecule has 4 heteroatoms. The number of aryl methyl sites for hydroxylation is 1. The number of rotatable bonds is 4. The smallest absolute Gasteiger partial charge is 0.208 e. The van der Waals surface area contributed by atoms with E-state index in [1.54, 1.807) is 13.4 Å². The van der Waals surface area contributed by atoms with Crippen LogP contribution < -0.4 is 10.5 Å². The highest BCUT2D eigenvalue weighted by Crippen LogP contribution is 2.30. The van der Waals surface area contributed by atoms with Gasteiger partial charge in [0.05, 0.1) is 13.7 Å². The van der Waals surface area contributed by atoms with E-state index in [1.807, 2.05) is 12.1 Å². The summed E-state index contributed by atoms with van der Waals surface area (Å²) in [7, 11) is 1.65. The Morgan fingerprint density at radius 2 is 2.24 bits per heavy atom. The van der Waals surface area contributed by atoms with Crippen molar-refractivity contribution in [3.63, 3.8) is 0 Å². The Morgan fingerprint density at radius 3 is 2.82 bits per heavy atom. The maximum atomic E-state index is 5.48. The molecule has 0 aliphatic rings. The average molecular weight is 232 g/mol. The lowest BCUT2D eigenvalue weighted by Crippen LogP contribution is -1.96. The molecule has 0 amide bonds. The van der Waals surface area contributed by atoms with E-state index in [2.05, 4.69) is 18.0 Å². The number of hydrogen-bond donors (Lipinski definition) is 1. The second-order valence-corrected chi connectivity index (χ2v) is 3.72. The van der Waals surface area contributed by atoms with Crippen LogP contribution in [0.1, 0.15) is 18.4 Å². The van der Waals surface area contributed by atoms with Crippen molar-refractivity contribution < 1.29 is 9.15 Å². The monoisotopic (exact) mass is 232 g/mol. The van der Waals surface area contributed by atoms with E-state index in [-0.39, 0.29) is 0 Å². The summed E-state index contributed by atoms with van der Waals surface area (Å²) in [6.45, 7) is 2.41. The standard InChI is InChI=1S/C13H16N2O2/c1-3-9-4-5-12(16-2)10(6-9)11-8-17-13(7-14)15-11/h4-6,8H,3,7,14H2,1-2H3. The third kappa shape index (κ3) is 2.31. The topological polar surface area (TPSA) is 61.3 Å². The van der Waals surface area contributed by atoms with Gasteiger partial charge in [0.1, 0.15) is 17.7 Å². The van der Waals surface area contributed by atoms with Gasteiger partial charge in [-0.25, -0.2) is 4.98 Å². The van der Waals surface area contributed by atoms with E-state index >= 15 is 0 Å². The lowest BCUT2D eigenvalue weighted by atomic mass is 10.1. The molecule has 0 saturated heterocycles. The number of methoxy groups -OCH3 is 1. The molecule has 0 fully saturated rings. The van der Waals surface area contributed by atoms with Crippen LogP contribution in [0.2, 0.25) is 0 Å². The molecule has 2 N–H and O–H groups in total. The Hall–Kier alpha value is -1.81. The second kappa shape index (κ2) is 5.01.